The van der Waals surface area contributed by atoms with Crippen molar-refractivity contribution < 1.29 is 75.8 Å². The summed E-state index contributed by atoms with van der Waals surface area (Å²) in [5.74, 6) is -1.56. The van der Waals surface area contributed by atoms with E-state index >= 15 is 0 Å². The number of rotatable bonds is 97. The molecule has 0 saturated heterocycles. The summed E-state index contributed by atoms with van der Waals surface area (Å²) in [5, 5.41) is 20.8. The molecule has 5 atom stereocenters. The normalized spacial score (nSPS) is 14.4. The smallest absolute Gasteiger partial charge is 0.463 e. The van der Waals surface area contributed by atoms with Gasteiger partial charge in [-0.1, -0.05) is 441 Å². The Bertz CT molecular complexity index is 2990. The minimum atomic E-state index is -4.95. The molecule has 0 spiro atoms. The molecule has 0 radical (unpaired) electrons. The Morgan fingerprint density at radius 1 is 0.228 bits per heavy atom. The summed E-state index contributed by atoms with van der Waals surface area (Å²) in [6.45, 7) is 2.51. The molecule has 0 aromatic rings. The molecule has 0 saturated carbocycles. The van der Waals surface area contributed by atoms with Crippen molar-refractivity contribution in [2.45, 2.75) is 463 Å². The lowest BCUT2D eigenvalue weighted by molar-refractivity contribution is -0.161. The second kappa shape index (κ2) is 99.9. The Morgan fingerprint density at radius 3 is 0.661 bits per heavy atom. The van der Waals surface area contributed by atoms with Crippen molar-refractivity contribution in [2.24, 2.45) is 0 Å². The van der Waals surface area contributed by atoms with Gasteiger partial charge in [0.2, 0.25) is 0 Å². The van der Waals surface area contributed by atoms with Gasteiger partial charge >= 0.3 is 33.6 Å². The molecule has 16 nitrogen and oxygen atoms in total. The van der Waals surface area contributed by atoms with Gasteiger partial charge in [0.05, 0.1) is 26.4 Å². The van der Waals surface area contributed by atoms with Gasteiger partial charge in [0.25, 0.3) is 0 Å². The fraction of sp³-hybridized carbons (Fsp3) is 0.716. The second-order valence-electron chi connectivity index (χ2n) is 34.2. The van der Waals surface area contributed by atoms with E-state index in [0.29, 0.717) is 19.3 Å². The van der Waals surface area contributed by atoms with Crippen LogP contribution in [0.5, 0.6) is 0 Å². The van der Waals surface area contributed by atoms with Crippen LogP contribution in [-0.2, 0) is 55.8 Å². The molecule has 0 rings (SSSR count). The summed E-state index contributed by atoms with van der Waals surface area (Å²) < 4.78 is 61.7. The van der Waals surface area contributed by atoms with E-state index in [1.54, 1.807) is 0 Å². The van der Waals surface area contributed by atoms with Crippen LogP contribution in [0.25, 0.3) is 0 Å². The fourth-order valence-electron chi connectivity index (χ4n) is 14.2. The maximum absolute atomic E-state index is 13.1. The van der Waals surface area contributed by atoms with Crippen molar-refractivity contribution in [3.63, 3.8) is 0 Å². The van der Waals surface area contributed by atoms with Crippen molar-refractivity contribution in [1.29, 1.82) is 0 Å². The van der Waals surface area contributed by atoms with Crippen molar-refractivity contribution in [1.82, 2.24) is 0 Å². The van der Waals surface area contributed by atoms with Gasteiger partial charge in [-0.05, 0) is 154 Å². The summed E-state index contributed by atoms with van der Waals surface area (Å²) >= 11 is 0. The number of allylic oxidation sites excluding steroid dienone is 28. The molecule has 5 unspecified atom stereocenters. The zero-order valence-electron chi connectivity index (χ0n) is 80.9. The SMILES string of the molecule is CC/C=C\C/C=C\C/C=C\C/C=C\C/C=C\CCCCCCCCCCCCCCCCCCCC(=O)OCC(O)COP(=O)(O)OCC(O)COP(=O)(O)OCC(COC(=O)CCCCCCCCCCCCCCC/C=C\C/C=C\C/C=C\C/C=C\C/C=C\CC)OC(=O)CCCCCCCCCCCCCCC/C=C\C/C=C\C/C=C\C/C=C\CCCCC. The number of aliphatic hydroxyl groups is 2. The standard InChI is InChI=1S/C109H188O16P2/c1-4-7-10-13-16-19-22-25-28-31-34-37-40-43-46-49-50-51-52-55-57-59-62-65-68-71-74-77-80-83-86-89-92-95-107(112)119-98-104(110)99-121-126(115,116)122-100-105(111)101-123-127(117,118)124-103-106(125-109(114)97-94-91-88-85-82-79-76-73-70-67-64-61-58-54-48-45-42-39-36-33-30-27-24-21-18-15-12-9-6-3)102-120-108(113)96-93-90-87-84-81-78-75-72-69-66-63-60-56-53-47-44-41-38-35-32-29-26-23-20-17-14-11-8-5-2/h7-8,10-11,16-21,25-30,34-39,43-48,104-106,110-111H,4-6,9,12-15,22-24,31-33,40-42,49-103H2,1-3H3,(H,115,116)(H,117,118)/b10-7-,11-8-,19-16-,20-17-,21-18-,28-25-,29-26-,30-27-,37-34-,38-35-,39-36-,46-43-,47-44-,48-45-. The monoisotopic (exact) mass is 1820 g/mol. The number of carbonyl (C=O) groups is 3. The fourth-order valence-corrected chi connectivity index (χ4v) is 15.8. The van der Waals surface area contributed by atoms with E-state index < -0.39 is 91.5 Å². The van der Waals surface area contributed by atoms with E-state index in [2.05, 4.69) is 191 Å². The van der Waals surface area contributed by atoms with Crippen LogP contribution in [0.1, 0.15) is 445 Å². The van der Waals surface area contributed by atoms with E-state index in [0.717, 1.165) is 167 Å². The predicted molar refractivity (Wildman–Crippen MR) is 537 cm³/mol. The van der Waals surface area contributed by atoms with Crippen LogP contribution < -0.4 is 0 Å². The van der Waals surface area contributed by atoms with E-state index in [9.17, 15) is 43.5 Å². The van der Waals surface area contributed by atoms with Crippen LogP contribution >= 0.6 is 15.6 Å². The van der Waals surface area contributed by atoms with E-state index in [1.165, 1.54) is 218 Å². The summed E-state index contributed by atoms with van der Waals surface area (Å²) in [6, 6.07) is 0. The average Bonchev–Trinajstić information content (AvgIpc) is 0.902. The van der Waals surface area contributed by atoms with Gasteiger partial charge in [-0.25, -0.2) is 9.13 Å². The summed E-state index contributed by atoms with van der Waals surface area (Å²) in [4.78, 5) is 59.2. The van der Waals surface area contributed by atoms with Crippen LogP contribution in [0, 0.1) is 0 Å². The second-order valence-corrected chi connectivity index (χ2v) is 37.1. The molecule has 18 heteroatoms. The third-order valence-electron chi connectivity index (χ3n) is 21.9. The Labute approximate surface area is 777 Å². The molecule has 0 amide bonds. The molecule has 0 aliphatic heterocycles. The molecule has 0 bridgehead atoms. The Hall–Kier alpha value is -5.09. The Kier molecular flexibility index (Phi) is 95.9. The molecule has 4 N–H and O–H groups in total. The lowest BCUT2D eigenvalue weighted by Crippen LogP contribution is -2.30. The zero-order valence-corrected chi connectivity index (χ0v) is 82.7. The van der Waals surface area contributed by atoms with Crippen molar-refractivity contribution in [3.8, 4) is 0 Å². The van der Waals surface area contributed by atoms with Gasteiger partial charge < -0.3 is 34.2 Å². The lowest BCUT2D eigenvalue weighted by atomic mass is 10.0. The molecular weight excluding hydrogens is 1630 g/mol. The Morgan fingerprint density at radius 2 is 0.417 bits per heavy atom. The number of hydrogen-bond donors (Lipinski definition) is 4. The highest BCUT2D eigenvalue weighted by Crippen LogP contribution is 2.45. The first kappa shape index (κ1) is 122. The van der Waals surface area contributed by atoms with Gasteiger partial charge in [-0.2, -0.15) is 0 Å². The number of unbranched alkanes of at least 4 members (excludes halogenated alkanes) is 46. The molecule has 0 fully saturated rings. The number of ether oxygens (including phenoxy) is 3. The minimum Gasteiger partial charge on any atom is -0.463 e. The van der Waals surface area contributed by atoms with Crippen LogP contribution in [0.4, 0.5) is 0 Å². The van der Waals surface area contributed by atoms with Gasteiger partial charge in [0.1, 0.15) is 25.4 Å². The molecule has 0 aromatic carbocycles. The predicted octanol–water partition coefficient (Wildman–Crippen LogP) is 32.6. The van der Waals surface area contributed by atoms with Crippen LogP contribution in [-0.4, -0.2) is 95.9 Å². The average molecular weight is 1820 g/mol. The molecule has 0 aliphatic carbocycles. The first-order valence-electron chi connectivity index (χ1n) is 51.4. The van der Waals surface area contributed by atoms with Gasteiger partial charge in [0, 0.05) is 19.3 Å². The van der Waals surface area contributed by atoms with E-state index in [-0.39, 0.29) is 19.3 Å². The third kappa shape index (κ3) is 101. The highest BCUT2D eigenvalue weighted by Gasteiger charge is 2.30. The summed E-state index contributed by atoms with van der Waals surface area (Å²) in [6.07, 6.45) is 131. The molecule has 0 aliphatic rings. The number of phosphoric acid groups is 2. The topological polar surface area (TPSA) is 231 Å². The number of carbonyl (C=O) groups excluding carboxylic acids is 3. The minimum absolute atomic E-state index is 0.100. The van der Waals surface area contributed by atoms with Crippen molar-refractivity contribution in [3.05, 3.63) is 170 Å². The number of hydrogen-bond acceptors (Lipinski definition) is 14. The van der Waals surface area contributed by atoms with Gasteiger partial charge in [-0.15, -0.1) is 0 Å². The van der Waals surface area contributed by atoms with Crippen LogP contribution in [0.2, 0.25) is 0 Å². The maximum Gasteiger partial charge on any atom is 0.472 e. The molecular formula is C109H188O16P2. The number of esters is 3. The first-order valence-corrected chi connectivity index (χ1v) is 54.4. The van der Waals surface area contributed by atoms with Gasteiger partial charge in [0.15, 0.2) is 6.10 Å². The molecule has 0 aromatic heterocycles. The lowest BCUT2D eigenvalue weighted by Gasteiger charge is -2.21. The highest BCUT2D eigenvalue weighted by atomic mass is 31.2. The van der Waals surface area contributed by atoms with Gasteiger partial charge in [-0.3, -0.25) is 32.5 Å². The molecule has 0 heterocycles. The summed E-state index contributed by atoms with van der Waals surface area (Å²) in [7, 11) is -9.82. The van der Waals surface area contributed by atoms with Crippen molar-refractivity contribution in [2.75, 3.05) is 39.6 Å². The van der Waals surface area contributed by atoms with E-state index in [1.807, 2.05) is 0 Å². The summed E-state index contributed by atoms with van der Waals surface area (Å²) in [5.41, 5.74) is 0. The number of aliphatic hydroxyl groups excluding tert-OH is 2. The quantitative estimate of drug-likeness (QED) is 0.0146. The third-order valence-corrected chi connectivity index (χ3v) is 23.8. The molecule has 127 heavy (non-hydrogen) atoms. The first-order chi connectivity index (χ1) is 62.2. The van der Waals surface area contributed by atoms with Crippen LogP contribution in [0.3, 0.4) is 0 Å². The highest BCUT2D eigenvalue weighted by molar-refractivity contribution is 7.47. The van der Waals surface area contributed by atoms with Crippen molar-refractivity contribution >= 4 is 33.6 Å². The largest absolute Gasteiger partial charge is 0.472 e. The molecule has 730 valence electrons. The Balaban J connectivity index is 4.60. The zero-order chi connectivity index (χ0) is 92.1. The van der Waals surface area contributed by atoms with Crippen LogP contribution in [0.15, 0.2) is 170 Å². The number of phosphoric ester groups is 2. The maximum atomic E-state index is 13.1. The van der Waals surface area contributed by atoms with E-state index in [4.69, 9.17) is 32.3 Å².